The Morgan fingerprint density at radius 2 is 1.83 bits per heavy atom. The molecule has 0 spiro atoms. The molecule has 2 N–H and O–H groups in total. The summed E-state index contributed by atoms with van der Waals surface area (Å²) in [7, 11) is 0. The molecule has 2 aromatic carbocycles. The lowest BCUT2D eigenvalue weighted by atomic mass is 10.2. The van der Waals surface area contributed by atoms with Crippen LogP contribution in [0.4, 0.5) is 10.5 Å². The van der Waals surface area contributed by atoms with Gasteiger partial charge in [0.15, 0.2) is 0 Å². The van der Waals surface area contributed by atoms with Gasteiger partial charge in [-0.2, -0.15) is 0 Å². The van der Waals surface area contributed by atoms with Gasteiger partial charge in [0.2, 0.25) is 5.91 Å². The second kappa shape index (κ2) is 7.17. The van der Waals surface area contributed by atoms with Gasteiger partial charge < -0.3 is 15.5 Å². The zero-order chi connectivity index (χ0) is 16.9. The Kier molecular flexibility index (Phi) is 4.79. The van der Waals surface area contributed by atoms with Crippen molar-refractivity contribution in [1.29, 1.82) is 0 Å². The molecular weight excluding hydrogens is 302 g/mol. The van der Waals surface area contributed by atoms with Crippen LogP contribution in [0.2, 0.25) is 0 Å². The van der Waals surface area contributed by atoms with Crippen molar-refractivity contribution in [2.24, 2.45) is 0 Å². The molecule has 1 heterocycles. The summed E-state index contributed by atoms with van der Waals surface area (Å²) < 4.78 is 0. The summed E-state index contributed by atoms with van der Waals surface area (Å²) in [5.41, 5.74) is 3.05. The topological polar surface area (TPSA) is 61.4 Å². The summed E-state index contributed by atoms with van der Waals surface area (Å²) >= 11 is 0. The van der Waals surface area contributed by atoms with E-state index in [4.69, 9.17) is 0 Å². The van der Waals surface area contributed by atoms with Crippen LogP contribution in [0, 0.1) is 6.92 Å². The molecule has 1 atom stereocenters. The van der Waals surface area contributed by atoms with Crippen molar-refractivity contribution in [2.45, 2.75) is 25.9 Å². The Morgan fingerprint density at radius 3 is 2.54 bits per heavy atom. The molecule has 1 unspecified atom stereocenters. The number of hydrogen-bond donors (Lipinski definition) is 2. The third kappa shape index (κ3) is 3.74. The fourth-order valence-electron chi connectivity index (χ4n) is 2.78. The van der Waals surface area contributed by atoms with Gasteiger partial charge in [-0.25, -0.2) is 4.79 Å². The van der Waals surface area contributed by atoms with Gasteiger partial charge in [0.25, 0.3) is 0 Å². The Balaban J connectivity index is 1.53. The van der Waals surface area contributed by atoms with Crippen LogP contribution in [0.3, 0.4) is 0 Å². The highest BCUT2D eigenvalue weighted by Crippen LogP contribution is 2.21. The molecule has 124 valence electrons. The molecule has 1 aliphatic heterocycles. The lowest BCUT2D eigenvalue weighted by Crippen LogP contribution is -2.45. The first-order valence-corrected chi connectivity index (χ1v) is 8.10. The van der Waals surface area contributed by atoms with Gasteiger partial charge in [-0.15, -0.1) is 0 Å². The Labute approximate surface area is 141 Å². The predicted octanol–water partition coefficient (Wildman–Crippen LogP) is 2.60. The third-order valence-corrected chi connectivity index (χ3v) is 4.15. The third-order valence-electron chi connectivity index (χ3n) is 4.15. The number of benzene rings is 2. The molecule has 3 rings (SSSR count). The fraction of sp³-hybridized carbons (Fsp3) is 0.263. The molecule has 0 aromatic heterocycles. The molecule has 2 aromatic rings. The van der Waals surface area contributed by atoms with Gasteiger partial charge in [0, 0.05) is 18.8 Å². The maximum absolute atomic E-state index is 12.5. The molecule has 0 saturated carbocycles. The van der Waals surface area contributed by atoms with Crippen LogP contribution in [-0.4, -0.2) is 24.5 Å². The summed E-state index contributed by atoms with van der Waals surface area (Å²) in [4.78, 5) is 26.2. The molecule has 1 fully saturated rings. The highest BCUT2D eigenvalue weighted by molar-refractivity contribution is 6.01. The molecule has 0 bridgehead atoms. The minimum atomic E-state index is -0.470. The van der Waals surface area contributed by atoms with Gasteiger partial charge in [-0.3, -0.25) is 4.79 Å². The Hall–Kier alpha value is -2.82. The molecule has 3 amide bonds. The van der Waals surface area contributed by atoms with E-state index in [0.29, 0.717) is 19.5 Å². The summed E-state index contributed by atoms with van der Waals surface area (Å²) in [6.07, 6.45) is 0.617. The summed E-state index contributed by atoms with van der Waals surface area (Å²) in [5, 5.41) is 5.56. The van der Waals surface area contributed by atoms with E-state index in [2.05, 4.69) is 10.6 Å². The van der Waals surface area contributed by atoms with Crippen LogP contribution < -0.4 is 15.5 Å². The van der Waals surface area contributed by atoms with Crippen molar-refractivity contribution < 1.29 is 9.59 Å². The summed E-state index contributed by atoms with van der Waals surface area (Å²) in [6.45, 7) is 3.07. The van der Waals surface area contributed by atoms with Gasteiger partial charge in [0.05, 0.1) is 0 Å². The quantitative estimate of drug-likeness (QED) is 0.908. The number of nitrogens with zero attached hydrogens (tertiary/aromatic N) is 1. The van der Waals surface area contributed by atoms with Crippen molar-refractivity contribution in [3.05, 3.63) is 65.7 Å². The average Bonchev–Trinajstić information content (AvgIpc) is 2.95. The minimum absolute atomic E-state index is 0.0614. The molecule has 5 heteroatoms. The van der Waals surface area contributed by atoms with Gasteiger partial charge >= 0.3 is 6.03 Å². The Bertz CT molecular complexity index is 713. The highest BCUT2D eigenvalue weighted by atomic mass is 16.2. The van der Waals surface area contributed by atoms with E-state index in [1.165, 1.54) is 0 Å². The number of urea groups is 1. The molecule has 24 heavy (non-hydrogen) atoms. The number of rotatable bonds is 4. The van der Waals surface area contributed by atoms with Crippen molar-refractivity contribution in [1.82, 2.24) is 10.6 Å². The number of amides is 3. The van der Waals surface area contributed by atoms with Crippen molar-refractivity contribution >= 4 is 17.6 Å². The minimum Gasteiger partial charge on any atom is -0.334 e. The van der Waals surface area contributed by atoms with Crippen LogP contribution in [-0.2, 0) is 11.3 Å². The Morgan fingerprint density at radius 1 is 1.12 bits per heavy atom. The number of aryl methyl sites for hydroxylation is 1. The number of nitrogens with one attached hydrogen (secondary N) is 2. The molecular formula is C19H21N3O2. The maximum Gasteiger partial charge on any atom is 0.315 e. The molecule has 1 saturated heterocycles. The van der Waals surface area contributed by atoms with E-state index < -0.39 is 6.04 Å². The molecule has 0 radical (unpaired) electrons. The average molecular weight is 323 g/mol. The SMILES string of the molecule is Cc1ccc(N2CCC(NC(=O)NCc3ccccc3)C2=O)cc1. The van der Waals surface area contributed by atoms with Crippen LogP contribution in [0.25, 0.3) is 0 Å². The van der Waals surface area contributed by atoms with Crippen molar-refractivity contribution in [2.75, 3.05) is 11.4 Å². The van der Waals surface area contributed by atoms with E-state index in [9.17, 15) is 9.59 Å². The van der Waals surface area contributed by atoms with Crippen molar-refractivity contribution in [3.8, 4) is 0 Å². The first-order valence-electron chi connectivity index (χ1n) is 8.10. The number of anilines is 1. The summed E-state index contributed by atoms with van der Waals surface area (Å²) in [6, 6.07) is 16.7. The van der Waals surface area contributed by atoms with Crippen molar-refractivity contribution in [3.63, 3.8) is 0 Å². The first kappa shape index (κ1) is 16.1. The number of carbonyl (C=O) groups is 2. The fourth-order valence-corrected chi connectivity index (χ4v) is 2.78. The lowest BCUT2D eigenvalue weighted by Gasteiger charge is -2.17. The lowest BCUT2D eigenvalue weighted by molar-refractivity contribution is -0.118. The van der Waals surface area contributed by atoms with Crippen LogP contribution >= 0.6 is 0 Å². The normalized spacial score (nSPS) is 17.0. The van der Waals surface area contributed by atoms with Gasteiger partial charge in [-0.1, -0.05) is 48.0 Å². The molecule has 5 nitrogen and oxygen atoms in total. The second-order valence-corrected chi connectivity index (χ2v) is 5.98. The molecule has 1 aliphatic rings. The van der Waals surface area contributed by atoms with Gasteiger partial charge in [-0.05, 0) is 31.0 Å². The van der Waals surface area contributed by atoms with E-state index in [1.54, 1.807) is 4.90 Å². The standard InChI is InChI=1S/C19H21N3O2/c1-14-7-9-16(10-8-14)22-12-11-17(18(22)23)21-19(24)20-13-15-5-3-2-4-6-15/h2-10,17H,11-13H2,1H3,(H2,20,21,24). The second-order valence-electron chi connectivity index (χ2n) is 5.98. The van der Waals surface area contributed by atoms with E-state index in [1.807, 2.05) is 61.5 Å². The van der Waals surface area contributed by atoms with Gasteiger partial charge in [0.1, 0.15) is 6.04 Å². The van der Waals surface area contributed by atoms with E-state index in [-0.39, 0.29) is 11.9 Å². The first-order chi connectivity index (χ1) is 11.6. The molecule has 0 aliphatic carbocycles. The highest BCUT2D eigenvalue weighted by Gasteiger charge is 2.33. The number of carbonyl (C=O) groups excluding carboxylic acids is 2. The van der Waals surface area contributed by atoms with E-state index in [0.717, 1.165) is 16.8 Å². The van der Waals surface area contributed by atoms with Crippen LogP contribution in [0.15, 0.2) is 54.6 Å². The monoisotopic (exact) mass is 323 g/mol. The predicted molar refractivity (Wildman–Crippen MR) is 93.8 cm³/mol. The zero-order valence-corrected chi connectivity index (χ0v) is 13.7. The number of hydrogen-bond acceptors (Lipinski definition) is 2. The van der Waals surface area contributed by atoms with Crippen LogP contribution in [0.1, 0.15) is 17.5 Å². The zero-order valence-electron chi connectivity index (χ0n) is 13.7. The largest absolute Gasteiger partial charge is 0.334 e. The van der Waals surface area contributed by atoms with E-state index >= 15 is 0 Å². The smallest absolute Gasteiger partial charge is 0.315 e. The van der Waals surface area contributed by atoms with Crippen LogP contribution in [0.5, 0.6) is 0 Å². The maximum atomic E-state index is 12.5. The summed E-state index contributed by atoms with van der Waals surface area (Å²) in [5.74, 6) is -0.0614.